The van der Waals surface area contributed by atoms with Crippen molar-refractivity contribution >= 4 is 27.3 Å². The third-order valence-corrected chi connectivity index (χ3v) is 7.55. The van der Waals surface area contributed by atoms with Gasteiger partial charge < -0.3 is 9.64 Å². The Balaban J connectivity index is 2.20. The van der Waals surface area contributed by atoms with E-state index < -0.39 is 37.1 Å². The molecule has 0 saturated heterocycles. The summed E-state index contributed by atoms with van der Waals surface area (Å²) in [5.41, 5.74) is -0.835. The number of benzene rings is 1. The fourth-order valence-corrected chi connectivity index (χ4v) is 4.49. The maximum absolute atomic E-state index is 13.0. The van der Waals surface area contributed by atoms with Gasteiger partial charge in [-0.15, -0.1) is 0 Å². The van der Waals surface area contributed by atoms with Crippen LogP contribution in [0.25, 0.3) is 0 Å². The number of halogens is 4. The molecule has 1 aromatic heterocycles. The van der Waals surface area contributed by atoms with Crippen LogP contribution in [0, 0.1) is 0 Å². The number of sulfone groups is 1. The van der Waals surface area contributed by atoms with Gasteiger partial charge in [0.1, 0.15) is 5.15 Å². The van der Waals surface area contributed by atoms with Gasteiger partial charge in [0.15, 0.2) is 9.84 Å². The largest absolute Gasteiger partial charge is 0.481 e. The highest BCUT2D eigenvalue weighted by atomic mass is 35.5. The van der Waals surface area contributed by atoms with Gasteiger partial charge in [-0.3, -0.25) is 4.79 Å². The Labute approximate surface area is 183 Å². The fraction of sp³-hybridized carbons (Fsp3) is 0.400. The second kappa shape index (κ2) is 9.04. The summed E-state index contributed by atoms with van der Waals surface area (Å²) in [4.78, 5) is 17.4. The molecule has 0 aliphatic rings. The lowest BCUT2D eigenvalue weighted by Gasteiger charge is -2.28. The van der Waals surface area contributed by atoms with Crippen molar-refractivity contribution in [3.8, 4) is 5.88 Å². The molecule has 0 radical (unpaired) electrons. The normalized spacial score (nSPS) is 12.5. The average molecular weight is 479 g/mol. The maximum Gasteiger partial charge on any atom is 0.416 e. The number of aromatic nitrogens is 1. The number of alkyl halides is 3. The number of hydrogen-bond donors (Lipinski definition) is 0. The molecule has 0 fully saturated rings. The van der Waals surface area contributed by atoms with Crippen molar-refractivity contribution in [3.05, 3.63) is 52.7 Å². The average Bonchev–Trinajstić information content (AvgIpc) is 2.70. The summed E-state index contributed by atoms with van der Waals surface area (Å²) in [6.07, 6.45) is -4.67. The molecule has 170 valence electrons. The van der Waals surface area contributed by atoms with E-state index in [0.717, 1.165) is 18.2 Å². The highest BCUT2D eigenvalue weighted by Gasteiger charge is 2.38. The van der Waals surface area contributed by atoms with Crippen molar-refractivity contribution in [1.29, 1.82) is 0 Å². The first-order valence-corrected chi connectivity index (χ1v) is 10.9. The molecule has 2 aromatic rings. The molecule has 11 heteroatoms. The number of carbonyl (C=O) groups is 1. The van der Waals surface area contributed by atoms with Gasteiger partial charge in [0.25, 0.3) is 5.91 Å². The molecular weight excluding hydrogens is 457 g/mol. The number of carbonyl (C=O) groups excluding carboxylic acids is 1. The van der Waals surface area contributed by atoms with Gasteiger partial charge in [0, 0.05) is 25.2 Å². The van der Waals surface area contributed by atoms with Gasteiger partial charge >= 0.3 is 6.18 Å². The molecule has 0 saturated carbocycles. The molecule has 2 rings (SSSR count). The van der Waals surface area contributed by atoms with Crippen molar-refractivity contribution in [2.24, 2.45) is 0 Å². The van der Waals surface area contributed by atoms with Crippen LogP contribution < -0.4 is 4.74 Å². The SMILES string of the molecule is COc1cc(C(=O)N(C)CCC(C)(C)S(=O)(=O)c2cccc(C(F)(F)F)c2)cc(Cl)n1. The molecule has 1 heterocycles. The molecular formula is C20H22ClF3N2O4S. The fourth-order valence-electron chi connectivity index (χ4n) is 2.75. The molecule has 0 atom stereocenters. The highest BCUT2D eigenvalue weighted by molar-refractivity contribution is 7.92. The van der Waals surface area contributed by atoms with Crippen molar-refractivity contribution in [2.75, 3.05) is 20.7 Å². The lowest BCUT2D eigenvalue weighted by molar-refractivity contribution is -0.137. The molecule has 6 nitrogen and oxygen atoms in total. The van der Waals surface area contributed by atoms with E-state index >= 15 is 0 Å². The molecule has 1 amide bonds. The Morgan fingerprint density at radius 3 is 2.42 bits per heavy atom. The first-order valence-electron chi connectivity index (χ1n) is 9.08. The number of pyridine rings is 1. The van der Waals surface area contributed by atoms with Crippen LogP contribution >= 0.6 is 11.6 Å². The van der Waals surface area contributed by atoms with E-state index in [4.69, 9.17) is 16.3 Å². The summed E-state index contributed by atoms with van der Waals surface area (Å²) in [7, 11) is -1.26. The number of nitrogens with zero attached hydrogens (tertiary/aromatic N) is 2. The lowest BCUT2D eigenvalue weighted by atomic mass is 10.1. The zero-order valence-electron chi connectivity index (χ0n) is 17.3. The number of amides is 1. The van der Waals surface area contributed by atoms with Crippen LogP contribution in [0.4, 0.5) is 13.2 Å². The molecule has 0 aliphatic carbocycles. The molecule has 1 aromatic carbocycles. The van der Waals surface area contributed by atoms with Gasteiger partial charge in [-0.2, -0.15) is 13.2 Å². The van der Waals surface area contributed by atoms with Gasteiger partial charge in [0.05, 0.1) is 22.3 Å². The standard InChI is InChI=1S/C20H22ClF3N2O4S/c1-19(2,31(28,29)15-7-5-6-14(12-15)20(22,23)24)8-9-26(3)18(27)13-10-16(21)25-17(11-13)30-4/h5-7,10-12H,8-9H2,1-4H3. The number of hydrogen-bond acceptors (Lipinski definition) is 5. The minimum absolute atomic E-state index is 0.0101. The topological polar surface area (TPSA) is 76.6 Å². The minimum atomic E-state index is -4.66. The van der Waals surface area contributed by atoms with Crippen LogP contribution in [0.2, 0.25) is 5.15 Å². The molecule has 0 spiro atoms. The van der Waals surface area contributed by atoms with Gasteiger partial charge in [-0.25, -0.2) is 13.4 Å². The Morgan fingerprint density at radius 1 is 1.19 bits per heavy atom. The molecule has 0 N–H and O–H groups in total. The quantitative estimate of drug-likeness (QED) is 0.548. The Hall–Kier alpha value is -2.33. The van der Waals surface area contributed by atoms with Gasteiger partial charge in [-0.1, -0.05) is 17.7 Å². The van der Waals surface area contributed by atoms with Crippen molar-refractivity contribution in [2.45, 2.75) is 36.1 Å². The number of rotatable bonds is 7. The van der Waals surface area contributed by atoms with Crippen LogP contribution in [-0.2, 0) is 16.0 Å². The molecule has 0 unspecified atom stereocenters. The molecule has 0 aliphatic heterocycles. The lowest BCUT2D eigenvalue weighted by Crippen LogP contribution is -2.38. The zero-order valence-corrected chi connectivity index (χ0v) is 18.9. The van der Waals surface area contributed by atoms with Crippen LogP contribution in [0.15, 0.2) is 41.3 Å². The maximum atomic E-state index is 13.0. The van der Waals surface area contributed by atoms with Crippen LogP contribution in [0.3, 0.4) is 0 Å². The minimum Gasteiger partial charge on any atom is -0.481 e. The van der Waals surface area contributed by atoms with E-state index in [9.17, 15) is 26.4 Å². The number of methoxy groups -OCH3 is 1. The van der Waals surface area contributed by atoms with Crippen molar-refractivity contribution in [1.82, 2.24) is 9.88 Å². The first kappa shape index (κ1) is 24.9. The van der Waals surface area contributed by atoms with Crippen LogP contribution in [0.5, 0.6) is 5.88 Å². The summed E-state index contributed by atoms with van der Waals surface area (Å²) in [6, 6.07) is 6.38. The van der Waals surface area contributed by atoms with E-state index in [1.54, 1.807) is 0 Å². The second-order valence-electron chi connectivity index (χ2n) is 7.49. The Morgan fingerprint density at radius 2 is 1.84 bits per heavy atom. The number of ether oxygens (including phenoxy) is 1. The van der Waals surface area contributed by atoms with E-state index in [0.29, 0.717) is 6.07 Å². The second-order valence-corrected chi connectivity index (χ2v) is 10.5. The van der Waals surface area contributed by atoms with Gasteiger partial charge in [-0.05, 0) is 44.5 Å². The third-order valence-electron chi connectivity index (χ3n) is 4.82. The van der Waals surface area contributed by atoms with E-state index in [1.165, 1.54) is 45.0 Å². The summed E-state index contributed by atoms with van der Waals surface area (Å²) in [6.45, 7) is 2.85. The van der Waals surface area contributed by atoms with Gasteiger partial charge in [0.2, 0.25) is 5.88 Å². The third kappa shape index (κ3) is 5.68. The summed E-state index contributed by atoms with van der Waals surface area (Å²) >= 11 is 5.88. The van der Waals surface area contributed by atoms with E-state index in [1.807, 2.05) is 0 Å². The molecule has 31 heavy (non-hydrogen) atoms. The predicted octanol–water partition coefficient (Wildman–Crippen LogP) is 4.48. The smallest absolute Gasteiger partial charge is 0.416 e. The van der Waals surface area contributed by atoms with E-state index in [2.05, 4.69) is 4.98 Å². The molecule has 0 bridgehead atoms. The van der Waals surface area contributed by atoms with Crippen LogP contribution in [-0.4, -0.2) is 49.7 Å². The van der Waals surface area contributed by atoms with Crippen LogP contribution in [0.1, 0.15) is 36.2 Å². The van der Waals surface area contributed by atoms with Crippen molar-refractivity contribution in [3.63, 3.8) is 0 Å². The monoisotopic (exact) mass is 478 g/mol. The first-order chi connectivity index (χ1) is 14.2. The van der Waals surface area contributed by atoms with E-state index in [-0.39, 0.29) is 29.6 Å². The zero-order chi connectivity index (χ0) is 23.6. The Bertz CT molecular complexity index is 1070. The Kier molecular flexibility index (Phi) is 7.27. The summed E-state index contributed by atoms with van der Waals surface area (Å²) in [5, 5.41) is 0.0588. The van der Waals surface area contributed by atoms with Crippen molar-refractivity contribution < 1.29 is 31.1 Å². The summed E-state index contributed by atoms with van der Waals surface area (Å²) in [5.74, 6) is -0.286. The predicted molar refractivity (Wildman–Crippen MR) is 110 cm³/mol. The summed E-state index contributed by atoms with van der Waals surface area (Å²) < 4.78 is 68.5. The highest BCUT2D eigenvalue weighted by Crippen LogP contribution is 2.34.